The van der Waals surface area contributed by atoms with E-state index in [1.807, 2.05) is 30.3 Å². The lowest BCUT2D eigenvalue weighted by molar-refractivity contribution is -0.129. The number of carbonyl (C=O) groups excluding carboxylic acids is 2. The fourth-order valence-corrected chi connectivity index (χ4v) is 3.00. The zero-order valence-electron chi connectivity index (χ0n) is 12.1. The van der Waals surface area contributed by atoms with E-state index in [4.69, 9.17) is 0 Å². The minimum Gasteiger partial charge on any atom is -0.325 e. The van der Waals surface area contributed by atoms with Crippen LogP contribution >= 0.6 is 0 Å². The number of nitrogens with one attached hydrogen (secondary N) is 1. The summed E-state index contributed by atoms with van der Waals surface area (Å²) in [5.41, 5.74) is 1.07. The summed E-state index contributed by atoms with van der Waals surface area (Å²) in [5.74, 6) is -0.102. The van der Waals surface area contributed by atoms with Crippen LogP contribution in [0.5, 0.6) is 0 Å². The lowest BCUT2D eigenvalue weighted by atomic mass is 10.1. The normalized spacial score (nSPS) is 23.4. The Morgan fingerprint density at radius 3 is 2.48 bits per heavy atom. The highest BCUT2D eigenvalue weighted by Crippen LogP contribution is 2.15. The number of nitrogens with zero attached hydrogens (tertiary/aromatic N) is 2. The van der Waals surface area contributed by atoms with Gasteiger partial charge in [0, 0.05) is 6.42 Å². The van der Waals surface area contributed by atoms with Crippen molar-refractivity contribution in [1.82, 2.24) is 15.1 Å². The summed E-state index contributed by atoms with van der Waals surface area (Å²) in [7, 11) is 0. The van der Waals surface area contributed by atoms with E-state index >= 15 is 0 Å². The molecular formula is C16H21N3O2. The van der Waals surface area contributed by atoms with E-state index in [0.29, 0.717) is 13.1 Å². The predicted molar refractivity (Wildman–Crippen MR) is 79.6 cm³/mol. The lowest BCUT2D eigenvalue weighted by Crippen LogP contribution is -2.44. The maximum Gasteiger partial charge on any atom is 0.325 e. The fraction of sp³-hybridized carbons (Fsp3) is 0.500. The number of piperidine rings is 1. The van der Waals surface area contributed by atoms with Crippen molar-refractivity contribution in [2.45, 2.75) is 31.7 Å². The number of carbonyl (C=O) groups is 2. The number of likely N-dealkylation sites (tertiary alicyclic amines) is 1. The average Bonchev–Trinajstić information content (AvgIpc) is 2.77. The second-order valence-electron chi connectivity index (χ2n) is 5.78. The molecule has 1 N–H and O–H groups in total. The molecular weight excluding hydrogens is 266 g/mol. The van der Waals surface area contributed by atoms with Gasteiger partial charge < -0.3 is 5.32 Å². The van der Waals surface area contributed by atoms with E-state index in [9.17, 15) is 9.59 Å². The first-order chi connectivity index (χ1) is 10.2. The largest absolute Gasteiger partial charge is 0.325 e. The van der Waals surface area contributed by atoms with Crippen LogP contribution in [0.1, 0.15) is 24.8 Å². The van der Waals surface area contributed by atoms with E-state index in [2.05, 4.69) is 10.2 Å². The number of hydrogen-bond acceptors (Lipinski definition) is 3. The topological polar surface area (TPSA) is 52.7 Å². The van der Waals surface area contributed by atoms with Crippen molar-refractivity contribution in [2.24, 2.45) is 0 Å². The van der Waals surface area contributed by atoms with Gasteiger partial charge in [-0.15, -0.1) is 0 Å². The van der Waals surface area contributed by atoms with Crippen LogP contribution in [-0.2, 0) is 11.2 Å². The Morgan fingerprint density at radius 2 is 1.76 bits per heavy atom. The van der Waals surface area contributed by atoms with Gasteiger partial charge in [0.2, 0.25) is 0 Å². The second-order valence-corrected chi connectivity index (χ2v) is 5.78. The smallest absolute Gasteiger partial charge is 0.325 e. The Kier molecular flexibility index (Phi) is 4.20. The van der Waals surface area contributed by atoms with Crippen LogP contribution in [0.3, 0.4) is 0 Å². The number of hydrogen-bond donors (Lipinski definition) is 1. The number of benzene rings is 1. The van der Waals surface area contributed by atoms with E-state index in [1.165, 1.54) is 11.3 Å². The first kappa shape index (κ1) is 14.1. The molecule has 3 amide bonds. The van der Waals surface area contributed by atoms with E-state index in [0.717, 1.165) is 31.5 Å². The maximum atomic E-state index is 12.4. The maximum absolute atomic E-state index is 12.4. The molecule has 0 bridgehead atoms. The Morgan fingerprint density at radius 1 is 1.05 bits per heavy atom. The number of amides is 3. The van der Waals surface area contributed by atoms with Gasteiger partial charge in [0.05, 0.1) is 6.67 Å². The molecule has 112 valence electrons. The second kappa shape index (κ2) is 6.26. The van der Waals surface area contributed by atoms with Crippen molar-refractivity contribution >= 4 is 11.9 Å². The van der Waals surface area contributed by atoms with E-state index in [-0.39, 0.29) is 11.9 Å². The van der Waals surface area contributed by atoms with Gasteiger partial charge in [0.1, 0.15) is 6.04 Å². The third-order valence-corrected chi connectivity index (χ3v) is 4.18. The molecule has 2 heterocycles. The monoisotopic (exact) mass is 287 g/mol. The molecule has 2 fully saturated rings. The van der Waals surface area contributed by atoms with Gasteiger partial charge in [0.15, 0.2) is 0 Å². The van der Waals surface area contributed by atoms with Crippen molar-refractivity contribution in [2.75, 3.05) is 19.8 Å². The molecule has 21 heavy (non-hydrogen) atoms. The highest BCUT2D eigenvalue weighted by Gasteiger charge is 2.38. The molecule has 0 aliphatic carbocycles. The summed E-state index contributed by atoms with van der Waals surface area (Å²) in [6.07, 6.45) is 4.10. The summed E-state index contributed by atoms with van der Waals surface area (Å²) in [6, 6.07) is 9.11. The van der Waals surface area contributed by atoms with Crippen LogP contribution in [0.15, 0.2) is 30.3 Å². The molecule has 3 rings (SSSR count). The Bertz CT molecular complexity index is 512. The molecule has 1 aromatic rings. The number of imide groups is 1. The fourth-order valence-electron chi connectivity index (χ4n) is 3.00. The zero-order chi connectivity index (χ0) is 14.7. The lowest BCUT2D eigenvalue weighted by Gasteiger charge is -2.29. The summed E-state index contributed by atoms with van der Waals surface area (Å²) < 4.78 is 0. The first-order valence-corrected chi connectivity index (χ1v) is 7.62. The van der Waals surface area contributed by atoms with Crippen LogP contribution in [-0.4, -0.2) is 47.5 Å². The summed E-state index contributed by atoms with van der Waals surface area (Å²) in [5, 5.41) is 2.80. The Hall–Kier alpha value is -1.88. The van der Waals surface area contributed by atoms with Crippen molar-refractivity contribution < 1.29 is 9.59 Å². The van der Waals surface area contributed by atoms with Gasteiger partial charge in [-0.05, 0) is 31.5 Å². The molecule has 1 unspecified atom stereocenters. The van der Waals surface area contributed by atoms with Crippen molar-refractivity contribution in [3.8, 4) is 0 Å². The average molecular weight is 287 g/mol. The molecule has 5 nitrogen and oxygen atoms in total. The molecule has 5 heteroatoms. The minimum absolute atomic E-state index is 0.102. The van der Waals surface area contributed by atoms with Crippen LogP contribution in [0.2, 0.25) is 0 Å². The zero-order valence-corrected chi connectivity index (χ0v) is 12.1. The van der Waals surface area contributed by atoms with Gasteiger partial charge in [-0.3, -0.25) is 9.69 Å². The molecule has 0 aromatic heterocycles. The molecule has 0 spiro atoms. The molecule has 2 aliphatic rings. The van der Waals surface area contributed by atoms with Crippen LogP contribution in [0, 0.1) is 0 Å². The van der Waals surface area contributed by atoms with E-state index < -0.39 is 6.04 Å². The molecule has 0 saturated carbocycles. The van der Waals surface area contributed by atoms with Crippen molar-refractivity contribution in [3.63, 3.8) is 0 Å². The number of urea groups is 1. The van der Waals surface area contributed by atoms with Gasteiger partial charge in [-0.1, -0.05) is 36.8 Å². The van der Waals surface area contributed by atoms with Gasteiger partial charge in [0.25, 0.3) is 5.91 Å². The number of rotatable bonds is 4. The van der Waals surface area contributed by atoms with Crippen molar-refractivity contribution in [1.29, 1.82) is 0 Å². The molecule has 1 aromatic carbocycles. The van der Waals surface area contributed by atoms with Gasteiger partial charge >= 0.3 is 6.03 Å². The molecule has 2 saturated heterocycles. The quantitative estimate of drug-likeness (QED) is 0.856. The van der Waals surface area contributed by atoms with Crippen molar-refractivity contribution in [3.05, 3.63) is 35.9 Å². The first-order valence-electron chi connectivity index (χ1n) is 7.62. The SMILES string of the molecule is O=C1NC(Cc2ccccc2)C(=O)N1CN1CCCCC1. The molecule has 1 atom stereocenters. The van der Waals surface area contributed by atoms with Gasteiger partial charge in [-0.25, -0.2) is 9.69 Å². The third-order valence-electron chi connectivity index (χ3n) is 4.18. The Labute approximate surface area is 124 Å². The van der Waals surface area contributed by atoms with Crippen LogP contribution < -0.4 is 5.32 Å². The summed E-state index contributed by atoms with van der Waals surface area (Å²) in [6.45, 7) is 2.37. The minimum atomic E-state index is -0.426. The summed E-state index contributed by atoms with van der Waals surface area (Å²) in [4.78, 5) is 28.0. The highest BCUT2D eigenvalue weighted by atomic mass is 16.2. The van der Waals surface area contributed by atoms with E-state index in [1.54, 1.807) is 0 Å². The Balaban J connectivity index is 1.61. The summed E-state index contributed by atoms with van der Waals surface area (Å²) >= 11 is 0. The highest BCUT2D eigenvalue weighted by molar-refractivity contribution is 6.04. The third kappa shape index (κ3) is 3.24. The predicted octanol–water partition coefficient (Wildman–Crippen LogP) is 1.59. The molecule has 0 radical (unpaired) electrons. The van der Waals surface area contributed by atoms with Crippen LogP contribution in [0.4, 0.5) is 4.79 Å². The molecule has 2 aliphatic heterocycles. The standard InChI is InChI=1S/C16H21N3O2/c20-15-14(11-13-7-3-1-4-8-13)17-16(21)19(15)12-18-9-5-2-6-10-18/h1,3-4,7-8,14H,2,5-6,9-12H2,(H,17,21). The van der Waals surface area contributed by atoms with Gasteiger partial charge in [-0.2, -0.15) is 0 Å². The van der Waals surface area contributed by atoms with Crippen LogP contribution in [0.25, 0.3) is 0 Å².